The average molecular weight is 309 g/mol. The molecule has 1 aromatic rings. The molecule has 1 amide bonds. The Morgan fingerprint density at radius 2 is 2.43 bits per heavy atom. The Balaban J connectivity index is 1.81. The van der Waals surface area contributed by atoms with Crippen LogP contribution < -0.4 is 5.32 Å². The normalized spacial score (nSPS) is 20.2. The van der Waals surface area contributed by atoms with E-state index in [1.165, 1.54) is 17.7 Å². The van der Waals surface area contributed by atoms with Gasteiger partial charge in [-0.1, -0.05) is 13.8 Å². The van der Waals surface area contributed by atoms with Gasteiger partial charge in [0.25, 0.3) is 0 Å². The van der Waals surface area contributed by atoms with Gasteiger partial charge in [-0.3, -0.25) is 4.79 Å². The third-order valence-electron chi connectivity index (χ3n) is 4.38. The molecule has 2 atom stereocenters. The number of carbonyl (C=O) groups is 1. The number of thiazole rings is 1. The Hall–Kier alpha value is -0.940. The van der Waals surface area contributed by atoms with E-state index in [9.17, 15) is 4.79 Å². The first-order valence-corrected chi connectivity index (χ1v) is 8.80. The van der Waals surface area contributed by atoms with E-state index in [2.05, 4.69) is 24.1 Å². The molecule has 0 saturated carbocycles. The molecule has 21 heavy (non-hydrogen) atoms. The smallest absolute Gasteiger partial charge is 0.222 e. The SMILES string of the molecule is CCc1cnc(CN(C)C(=O)CC(C)C2CCCNC2)s1. The van der Waals surface area contributed by atoms with E-state index < -0.39 is 0 Å². The fraction of sp³-hybridized carbons (Fsp3) is 0.750. The molecule has 0 aromatic carbocycles. The molecule has 1 aliphatic rings. The minimum Gasteiger partial charge on any atom is -0.339 e. The van der Waals surface area contributed by atoms with E-state index in [0.29, 0.717) is 24.8 Å². The molecule has 2 unspecified atom stereocenters. The summed E-state index contributed by atoms with van der Waals surface area (Å²) in [6.45, 7) is 7.17. The lowest BCUT2D eigenvalue weighted by molar-refractivity contribution is -0.131. The largest absolute Gasteiger partial charge is 0.339 e. The van der Waals surface area contributed by atoms with Gasteiger partial charge in [0.2, 0.25) is 5.91 Å². The molecule has 1 N–H and O–H groups in total. The highest BCUT2D eigenvalue weighted by atomic mass is 32.1. The number of aryl methyl sites for hydroxylation is 1. The standard InChI is InChI=1S/C16H27N3OS/c1-4-14-10-18-15(21-14)11-19(3)16(20)8-12(2)13-6-5-7-17-9-13/h10,12-13,17H,4-9,11H2,1-3H3. The van der Waals surface area contributed by atoms with Crippen molar-refractivity contribution in [3.63, 3.8) is 0 Å². The van der Waals surface area contributed by atoms with Gasteiger partial charge < -0.3 is 10.2 Å². The number of piperidine rings is 1. The number of nitrogens with zero attached hydrogens (tertiary/aromatic N) is 2. The van der Waals surface area contributed by atoms with Crippen molar-refractivity contribution in [3.8, 4) is 0 Å². The monoisotopic (exact) mass is 309 g/mol. The molecule has 1 aliphatic heterocycles. The maximum atomic E-state index is 12.4. The van der Waals surface area contributed by atoms with Crippen molar-refractivity contribution in [1.29, 1.82) is 0 Å². The molecule has 2 heterocycles. The van der Waals surface area contributed by atoms with Gasteiger partial charge in [-0.05, 0) is 44.2 Å². The lowest BCUT2D eigenvalue weighted by atomic mass is 9.85. The molecular formula is C16H27N3OS. The summed E-state index contributed by atoms with van der Waals surface area (Å²) in [5, 5.41) is 4.47. The van der Waals surface area contributed by atoms with Gasteiger partial charge in [-0.2, -0.15) is 0 Å². The van der Waals surface area contributed by atoms with Crippen LogP contribution in [-0.2, 0) is 17.8 Å². The number of hydrogen-bond acceptors (Lipinski definition) is 4. The lowest BCUT2D eigenvalue weighted by Crippen LogP contribution is -2.36. The molecular weight excluding hydrogens is 282 g/mol. The Labute approximate surface area is 132 Å². The number of carbonyl (C=O) groups excluding carboxylic acids is 1. The third-order valence-corrected chi connectivity index (χ3v) is 5.51. The Bertz CT molecular complexity index is 454. The van der Waals surface area contributed by atoms with Crippen LogP contribution in [0.1, 0.15) is 43.0 Å². The zero-order valence-corrected chi connectivity index (χ0v) is 14.2. The average Bonchev–Trinajstić information content (AvgIpc) is 2.95. The van der Waals surface area contributed by atoms with E-state index in [4.69, 9.17) is 0 Å². The summed E-state index contributed by atoms with van der Waals surface area (Å²) in [7, 11) is 1.89. The zero-order chi connectivity index (χ0) is 15.2. The van der Waals surface area contributed by atoms with Crippen molar-refractivity contribution in [2.24, 2.45) is 11.8 Å². The van der Waals surface area contributed by atoms with Crippen molar-refractivity contribution in [3.05, 3.63) is 16.1 Å². The first-order valence-electron chi connectivity index (χ1n) is 7.98. The molecule has 2 rings (SSSR count). The Morgan fingerprint density at radius 3 is 3.05 bits per heavy atom. The van der Waals surface area contributed by atoms with E-state index >= 15 is 0 Å². The summed E-state index contributed by atoms with van der Waals surface area (Å²) in [4.78, 5) is 19.9. The second kappa shape index (κ2) is 7.90. The van der Waals surface area contributed by atoms with E-state index in [0.717, 1.165) is 24.5 Å². The molecule has 0 radical (unpaired) electrons. The molecule has 0 spiro atoms. The van der Waals surface area contributed by atoms with Crippen LogP contribution in [0.3, 0.4) is 0 Å². The summed E-state index contributed by atoms with van der Waals surface area (Å²) in [5.41, 5.74) is 0. The van der Waals surface area contributed by atoms with Crippen LogP contribution >= 0.6 is 11.3 Å². The molecule has 1 aromatic heterocycles. The first kappa shape index (κ1) is 16.4. The second-order valence-corrected chi connectivity index (χ2v) is 7.31. The molecule has 118 valence electrons. The van der Waals surface area contributed by atoms with E-state index in [1.807, 2.05) is 18.1 Å². The molecule has 4 nitrogen and oxygen atoms in total. The summed E-state index contributed by atoms with van der Waals surface area (Å²) in [5.74, 6) is 1.33. The summed E-state index contributed by atoms with van der Waals surface area (Å²) in [6.07, 6.45) is 6.07. The van der Waals surface area contributed by atoms with Crippen LogP contribution in [0.5, 0.6) is 0 Å². The van der Waals surface area contributed by atoms with Crippen LogP contribution in [-0.4, -0.2) is 35.9 Å². The van der Waals surface area contributed by atoms with Crippen molar-refractivity contribution in [1.82, 2.24) is 15.2 Å². The van der Waals surface area contributed by atoms with Crippen LogP contribution in [0.2, 0.25) is 0 Å². The van der Waals surface area contributed by atoms with Crippen molar-refractivity contribution in [2.75, 3.05) is 20.1 Å². The molecule has 1 fully saturated rings. The predicted octanol–water partition coefficient (Wildman–Crippen LogP) is 2.69. The van der Waals surface area contributed by atoms with Gasteiger partial charge in [-0.25, -0.2) is 4.98 Å². The van der Waals surface area contributed by atoms with Crippen molar-refractivity contribution in [2.45, 2.75) is 46.1 Å². The number of aromatic nitrogens is 1. The second-order valence-electron chi connectivity index (χ2n) is 6.11. The van der Waals surface area contributed by atoms with Gasteiger partial charge >= 0.3 is 0 Å². The fourth-order valence-electron chi connectivity index (χ4n) is 2.84. The first-order chi connectivity index (χ1) is 10.1. The predicted molar refractivity (Wildman–Crippen MR) is 87.3 cm³/mol. The molecule has 0 aliphatic carbocycles. The quantitative estimate of drug-likeness (QED) is 0.879. The highest BCUT2D eigenvalue weighted by Crippen LogP contribution is 2.23. The highest BCUT2D eigenvalue weighted by molar-refractivity contribution is 7.11. The van der Waals surface area contributed by atoms with Gasteiger partial charge in [0.15, 0.2) is 0 Å². The van der Waals surface area contributed by atoms with Gasteiger partial charge in [-0.15, -0.1) is 11.3 Å². The van der Waals surface area contributed by atoms with Crippen LogP contribution in [0.25, 0.3) is 0 Å². The summed E-state index contributed by atoms with van der Waals surface area (Å²) in [6, 6.07) is 0. The lowest BCUT2D eigenvalue weighted by Gasteiger charge is -2.29. The minimum atomic E-state index is 0.237. The summed E-state index contributed by atoms with van der Waals surface area (Å²) >= 11 is 1.71. The van der Waals surface area contributed by atoms with Gasteiger partial charge in [0.05, 0.1) is 6.54 Å². The van der Waals surface area contributed by atoms with Gasteiger partial charge in [0.1, 0.15) is 5.01 Å². The van der Waals surface area contributed by atoms with E-state index in [1.54, 1.807) is 11.3 Å². The third kappa shape index (κ3) is 4.78. The Morgan fingerprint density at radius 1 is 1.62 bits per heavy atom. The van der Waals surface area contributed by atoms with Crippen LogP contribution in [0.4, 0.5) is 0 Å². The van der Waals surface area contributed by atoms with Crippen LogP contribution in [0, 0.1) is 11.8 Å². The summed E-state index contributed by atoms with van der Waals surface area (Å²) < 4.78 is 0. The van der Waals surface area contributed by atoms with Gasteiger partial charge in [0, 0.05) is 24.5 Å². The van der Waals surface area contributed by atoms with Crippen molar-refractivity contribution >= 4 is 17.2 Å². The minimum absolute atomic E-state index is 0.237. The maximum Gasteiger partial charge on any atom is 0.222 e. The molecule has 0 bridgehead atoms. The topological polar surface area (TPSA) is 45.2 Å². The number of rotatable bonds is 6. The number of nitrogens with one attached hydrogen (secondary N) is 1. The van der Waals surface area contributed by atoms with Crippen LogP contribution in [0.15, 0.2) is 6.20 Å². The Kier molecular flexibility index (Phi) is 6.18. The molecule has 1 saturated heterocycles. The number of amides is 1. The van der Waals surface area contributed by atoms with E-state index in [-0.39, 0.29) is 5.91 Å². The number of hydrogen-bond donors (Lipinski definition) is 1. The highest BCUT2D eigenvalue weighted by Gasteiger charge is 2.23. The maximum absolute atomic E-state index is 12.4. The molecule has 5 heteroatoms. The van der Waals surface area contributed by atoms with Crippen molar-refractivity contribution < 1.29 is 4.79 Å². The zero-order valence-electron chi connectivity index (χ0n) is 13.4. The fourth-order valence-corrected chi connectivity index (χ4v) is 3.75.